The van der Waals surface area contributed by atoms with E-state index in [9.17, 15) is 0 Å². The lowest BCUT2D eigenvalue weighted by atomic mass is 10.1. The van der Waals surface area contributed by atoms with E-state index in [2.05, 4.69) is 23.2 Å². The predicted molar refractivity (Wildman–Crippen MR) is 168 cm³/mol. The van der Waals surface area contributed by atoms with Crippen LogP contribution in [0.1, 0.15) is 0 Å². The fourth-order valence-electron chi connectivity index (χ4n) is 4.87. The first-order valence-electron chi connectivity index (χ1n) is 13.5. The van der Waals surface area contributed by atoms with E-state index < -0.39 is 0 Å². The van der Waals surface area contributed by atoms with E-state index in [4.69, 9.17) is 24.4 Å². The number of rotatable bonds is 5. The number of para-hydroxylation sites is 3. The van der Waals surface area contributed by atoms with Gasteiger partial charge in [0.25, 0.3) is 0 Å². The number of oxazole rings is 1. The first-order chi connectivity index (χ1) is 20.8. The number of hydrogen-bond acceptors (Lipinski definition) is 7. The molecular formula is C35H21N5OS. The number of nitrogens with zero attached hydrogens (tertiary/aromatic N) is 5. The maximum Gasteiger partial charge on any atom is 0.227 e. The summed E-state index contributed by atoms with van der Waals surface area (Å²) in [6.45, 7) is 0. The Kier molecular flexibility index (Phi) is 5.86. The second-order valence-corrected chi connectivity index (χ2v) is 10.8. The van der Waals surface area contributed by atoms with E-state index in [0.29, 0.717) is 23.4 Å². The Hall–Kier alpha value is -5.53. The Labute approximate surface area is 245 Å². The van der Waals surface area contributed by atoms with Gasteiger partial charge in [-0.1, -0.05) is 91.0 Å². The van der Waals surface area contributed by atoms with Crippen molar-refractivity contribution in [1.82, 2.24) is 24.9 Å². The van der Waals surface area contributed by atoms with Gasteiger partial charge in [0.2, 0.25) is 5.89 Å². The van der Waals surface area contributed by atoms with Gasteiger partial charge in [-0.3, -0.25) is 0 Å². The van der Waals surface area contributed by atoms with Gasteiger partial charge in [-0.2, -0.15) is 0 Å². The average Bonchev–Trinajstić information content (AvgIpc) is 3.70. The smallest absolute Gasteiger partial charge is 0.227 e. The van der Waals surface area contributed by atoms with Crippen LogP contribution in [0.15, 0.2) is 132 Å². The Balaban J connectivity index is 1.17. The van der Waals surface area contributed by atoms with Gasteiger partial charge in [-0.05, 0) is 36.4 Å². The van der Waals surface area contributed by atoms with Crippen LogP contribution in [0.3, 0.4) is 0 Å². The van der Waals surface area contributed by atoms with E-state index in [-0.39, 0.29) is 0 Å². The zero-order chi connectivity index (χ0) is 27.9. The van der Waals surface area contributed by atoms with Gasteiger partial charge >= 0.3 is 0 Å². The second-order valence-electron chi connectivity index (χ2n) is 9.80. The molecule has 0 aliphatic carbocycles. The highest BCUT2D eigenvalue weighted by Crippen LogP contribution is 2.32. The number of thiazole rings is 1. The summed E-state index contributed by atoms with van der Waals surface area (Å²) in [4.78, 5) is 24.0. The van der Waals surface area contributed by atoms with Crippen LogP contribution in [0.25, 0.3) is 77.5 Å². The third-order valence-corrected chi connectivity index (χ3v) is 8.12. The molecule has 0 atom stereocenters. The molecule has 0 saturated heterocycles. The van der Waals surface area contributed by atoms with Crippen molar-refractivity contribution in [2.24, 2.45) is 0 Å². The minimum Gasteiger partial charge on any atom is -0.436 e. The Morgan fingerprint density at radius 2 is 0.929 bits per heavy atom. The molecule has 0 aliphatic rings. The molecule has 0 unspecified atom stereocenters. The summed E-state index contributed by atoms with van der Waals surface area (Å²) in [5, 5.41) is 0.989. The molecule has 42 heavy (non-hydrogen) atoms. The quantitative estimate of drug-likeness (QED) is 0.209. The molecule has 6 nitrogen and oxygen atoms in total. The number of benzene rings is 5. The molecule has 0 amide bonds. The molecule has 3 aromatic heterocycles. The third-order valence-electron chi connectivity index (χ3n) is 7.04. The fourth-order valence-corrected chi connectivity index (χ4v) is 5.84. The van der Waals surface area contributed by atoms with Crippen molar-refractivity contribution in [2.75, 3.05) is 0 Å². The highest BCUT2D eigenvalue weighted by Gasteiger charge is 2.14. The van der Waals surface area contributed by atoms with Crippen LogP contribution in [0.2, 0.25) is 0 Å². The largest absolute Gasteiger partial charge is 0.436 e. The molecule has 0 bridgehead atoms. The molecule has 0 saturated carbocycles. The fraction of sp³-hybridized carbons (Fsp3) is 0. The zero-order valence-corrected chi connectivity index (χ0v) is 23.0. The van der Waals surface area contributed by atoms with Crippen LogP contribution in [-0.2, 0) is 0 Å². The van der Waals surface area contributed by atoms with Crippen molar-refractivity contribution in [1.29, 1.82) is 0 Å². The maximum absolute atomic E-state index is 5.96. The van der Waals surface area contributed by atoms with Gasteiger partial charge < -0.3 is 4.42 Å². The van der Waals surface area contributed by atoms with Crippen molar-refractivity contribution in [3.05, 3.63) is 127 Å². The lowest BCUT2D eigenvalue weighted by Gasteiger charge is -2.09. The molecule has 198 valence electrons. The molecule has 0 fully saturated rings. The highest BCUT2D eigenvalue weighted by molar-refractivity contribution is 7.21. The first-order valence-corrected chi connectivity index (χ1v) is 14.3. The van der Waals surface area contributed by atoms with E-state index in [1.54, 1.807) is 11.3 Å². The number of hydrogen-bond donors (Lipinski definition) is 0. The van der Waals surface area contributed by atoms with Crippen LogP contribution in [0.4, 0.5) is 0 Å². The monoisotopic (exact) mass is 559 g/mol. The molecule has 0 spiro atoms. The van der Waals surface area contributed by atoms with Gasteiger partial charge in [0, 0.05) is 27.8 Å². The summed E-state index contributed by atoms with van der Waals surface area (Å²) < 4.78 is 7.13. The average molecular weight is 560 g/mol. The predicted octanol–water partition coefficient (Wildman–Crippen LogP) is 8.96. The van der Waals surface area contributed by atoms with Crippen molar-refractivity contribution in [3.8, 4) is 56.2 Å². The normalized spacial score (nSPS) is 11.3. The molecular weight excluding hydrogens is 538 g/mol. The summed E-state index contributed by atoms with van der Waals surface area (Å²) >= 11 is 1.69. The maximum atomic E-state index is 5.96. The standard InChI is InChI=1S/C35H21N5OS/c1-2-8-22(9-3-1)31-38-32(23-14-18-25(19-15-23)34-36-27-10-4-6-12-29(27)41-34)40-33(39-31)24-16-20-26(21-17-24)35-37-28-11-5-7-13-30(28)42-35/h1-21H. The van der Waals surface area contributed by atoms with E-state index in [1.807, 2.05) is 109 Å². The van der Waals surface area contributed by atoms with Gasteiger partial charge in [-0.25, -0.2) is 24.9 Å². The van der Waals surface area contributed by atoms with Crippen LogP contribution in [-0.4, -0.2) is 24.9 Å². The Morgan fingerprint density at radius 1 is 0.405 bits per heavy atom. The van der Waals surface area contributed by atoms with E-state index in [0.717, 1.165) is 49.4 Å². The molecule has 0 aliphatic heterocycles. The zero-order valence-electron chi connectivity index (χ0n) is 22.2. The number of aromatic nitrogens is 5. The third kappa shape index (κ3) is 4.52. The highest BCUT2D eigenvalue weighted by atomic mass is 32.1. The van der Waals surface area contributed by atoms with Gasteiger partial charge in [-0.15, -0.1) is 11.3 Å². The molecule has 0 N–H and O–H groups in total. The Morgan fingerprint density at radius 3 is 1.57 bits per heavy atom. The summed E-state index contributed by atoms with van der Waals surface area (Å²) in [5.74, 6) is 2.40. The molecule has 5 aromatic carbocycles. The van der Waals surface area contributed by atoms with Crippen LogP contribution >= 0.6 is 11.3 Å². The lowest BCUT2D eigenvalue weighted by molar-refractivity contribution is 0.620. The molecule has 8 rings (SSSR count). The first kappa shape index (κ1) is 24.3. The van der Waals surface area contributed by atoms with Crippen LogP contribution in [0, 0.1) is 0 Å². The van der Waals surface area contributed by atoms with Crippen molar-refractivity contribution < 1.29 is 4.42 Å². The van der Waals surface area contributed by atoms with Crippen molar-refractivity contribution in [3.63, 3.8) is 0 Å². The van der Waals surface area contributed by atoms with E-state index >= 15 is 0 Å². The molecule has 8 aromatic rings. The topological polar surface area (TPSA) is 77.6 Å². The minimum absolute atomic E-state index is 0.581. The van der Waals surface area contributed by atoms with Gasteiger partial charge in [0.1, 0.15) is 10.5 Å². The van der Waals surface area contributed by atoms with Gasteiger partial charge in [0.05, 0.1) is 10.2 Å². The SMILES string of the molecule is c1ccc(-c2nc(-c3ccc(-c4nc5ccccc5o4)cc3)nc(-c3ccc(-c4nc5ccccc5s4)cc3)n2)cc1. The van der Waals surface area contributed by atoms with Crippen molar-refractivity contribution in [2.45, 2.75) is 0 Å². The lowest BCUT2D eigenvalue weighted by Crippen LogP contribution is -2.00. The summed E-state index contributed by atoms with van der Waals surface area (Å²) in [6, 6.07) is 42.1. The summed E-state index contributed by atoms with van der Waals surface area (Å²) in [6.07, 6.45) is 0. The van der Waals surface area contributed by atoms with Crippen molar-refractivity contribution >= 4 is 32.7 Å². The molecule has 7 heteroatoms. The Bertz CT molecular complexity index is 1980. The van der Waals surface area contributed by atoms with Crippen LogP contribution in [0.5, 0.6) is 0 Å². The molecule has 3 heterocycles. The summed E-state index contributed by atoms with van der Waals surface area (Å²) in [7, 11) is 0. The summed E-state index contributed by atoms with van der Waals surface area (Å²) in [5.41, 5.74) is 7.27. The van der Waals surface area contributed by atoms with Gasteiger partial charge in [0.15, 0.2) is 23.1 Å². The second kappa shape index (κ2) is 10.1. The van der Waals surface area contributed by atoms with E-state index in [1.165, 1.54) is 4.70 Å². The van der Waals surface area contributed by atoms with Crippen LogP contribution < -0.4 is 0 Å². The minimum atomic E-state index is 0.581. The number of fused-ring (bicyclic) bond motifs is 2. The molecule has 0 radical (unpaired) electrons.